The maximum Gasteiger partial charge on any atom is 0.148 e. The van der Waals surface area contributed by atoms with Gasteiger partial charge in [0.15, 0.2) is 0 Å². The summed E-state index contributed by atoms with van der Waals surface area (Å²) in [7, 11) is 1.50. The minimum absolute atomic E-state index is 0.0987. The third-order valence-electron chi connectivity index (χ3n) is 3.80. The van der Waals surface area contributed by atoms with Gasteiger partial charge in [-0.1, -0.05) is 12.8 Å². The van der Waals surface area contributed by atoms with Crippen LogP contribution in [0.15, 0.2) is 12.1 Å². The zero-order valence-electron chi connectivity index (χ0n) is 11.2. The summed E-state index contributed by atoms with van der Waals surface area (Å²) in [5, 5.41) is 12.6. The first-order chi connectivity index (χ1) is 9.15. The van der Waals surface area contributed by atoms with Gasteiger partial charge >= 0.3 is 0 Å². The van der Waals surface area contributed by atoms with E-state index in [9.17, 15) is 9.50 Å². The van der Waals surface area contributed by atoms with Gasteiger partial charge in [-0.05, 0) is 12.8 Å². The van der Waals surface area contributed by atoms with Gasteiger partial charge in [-0.25, -0.2) is 4.39 Å². The molecule has 19 heavy (non-hydrogen) atoms. The van der Waals surface area contributed by atoms with Crippen LogP contribution in [0.1, 0.15) is 25.7 Å². The van der Waals surface area contributed by atoms with Gasteiger partial charge in [0.2, 0.25) is 0 Å². The van der Waals surface area contributed by atoms with Gasteiger partial charge in [0.25, 0.3) is 0 Å². The molecule has 1 saturated carbocycles. The van der Waals surface area contributed by atoms with Crippen LogP contribution in [0.3, 0.4) is 0 Å². The Balaban J connectivity index is 2.17. The number of methoxy groups -OCH3 is 1. The highest BCUT2D eigenvalue weighted by atomic mass is 19.1. The van der Waals surface area contributed by atoms with Gasteiger partial charge < -0.3 is 20.9 Å². The first-order valence-electron chi connectivity index (χ1n) is 6.66. The molecule has 4 nitrogen and oxygen atoms in total. The van der Waals surface area contributed by atoms with E-state index >= 15 is 0 Å². The van der Waals surface area contributed by atoms with E-state index in [2.05, 4.69) is 5.32 Å². The van der Waals surface area contributed by atoms with Crippen molar-refractivity contribution in [3.05, 3.63) is 17.9 Å². The topological polar surface area (TPSA) is 67.5 Å². The number of nitrogen functional groups attached to an aromatic ring is 1. The van der Waals surface area contributed by atoms with Crippen LogP contribution in [-0.2, 0) is 0 Å². The van der Waals surface area contributed by atoms with Gasteiger partial charge in [0.05, 0.1) is 18.5 Å². The number of hydrogen-bond acceptors (Lipinski definition) is 4. The monoisotopic (exact) mass is 268 g/mol. The van der Waals surface area contributed by atoms with E-state index in [0.29, 0.717) is 11.4 Å². The van der Waals surface area contributed by atoms with Crippen LogP contribution in [0.25, 0.3) is 0 Å². The minimum Gasteiger partial charge on any atom is -0.495 e. The van der Waals surface area contributed by atoms with Crippen molar-refractivity contribution in [3.63, 3.8) is 0 Å². The van der Waals surface area contributed by atoms with Crippen LogP contribution in [0.4, 0.5) is 15.8 Å². The quantitative estimate of drug-likeness (QED) is 0.733. The van der Waals surface area contributed by atoms with Crippen molar-refractivity contribution in [2.24, 2.45) is 5.92 Å². The Bertz CT molecular complexity index is 440. The minimum atomic E-state index is -0.388. The predicted molar refractivity (Wildman–Crippen MR) is 73.8 cm³/mol. The Hall–Kier alpha value is -1.49. The number of aliphatic hydroxyl groups is 1. The molecule has 2 atom stereocenters. The molecular formula is C14H21FN2O2. The molecule has 1 aromatic carbocycles. The number of halogens is 1. The molecule has 106 valence electrons. The molecule has 4 N–H and O–H groups in total. The van der Waals surface area contributed by atoms with Crippen LogP contribution >= 0.6 is 0 Å². The summed E-state index contributed by atoms with van der Waals surface area (Å²) in [6, 6.07) is 2.94. The van der Waals surface area contributed by atoms with Crippen molar-refractivity contribution >= 4 is 11.4 Å². The van der Waals surface area contributed by atoms with Crippen LogP contribution in [0.2, 0.25) is 0 Å². The number of benzene rings is 1. The van der Waals surface area contributed by atoms with E-state index in [1.807, 2.05) is 0 Å². The predicted octanol–water partition coefficient (Wildman–Crippen LogP) is 2.38. The largest absolute Gasteiger partial charge is 0.495 e. The number of ether oxygens (including phenoxy) is 1. The molecule has 0 saturated heterocycles. The van der Waals surface area contributed by atoms with Crippen LogP contribution in [0.5, 0.6) is 5.75 Å². The Kier molecular flexibility index (Phi) is 4.47. The molecule has 2 unspecified atom stereocenters. The number of aliphatic hydroxyl groups excluding tert-OH is 1. The Morgan fingerprint density at radius 2 is 2.16 bits per heavy atom. The average molecular weight is 268 g/mol. The Labute approximate surface area is 112 Å². The summed E-state index contributed by atoms with van der Waals surface area (Å²) in [5.74, 6) is 0.248. The van der Waals surface area contributed by atoms with E-state index in [-0.39, 0.29) is 30.1 Å². The van der Waals surface area contributed by atoms with Crippen molar-refractivity contribution in [3.8, 4) is 5.75 Å². The third-order valence-corrected chi connectivity index (χ3v) is 3.80. The third kappa shape index (κ3) is 3.10. The molecule has 1 aliphatic rings. The van der Waals surface area contributed by atoms with Crippen LogP contribution in [-0.4, -0.2) is 24.9 Å². The smallest absolute Gasteiger partial charge is 0.148 e. The molecule has 1 aliphatic carbocycles. The lowest BCUT2D eigenvalue weighted by Gasteiger charge is -2.31. The molecule has 1 fully saturated rings. The molecular weight excluding hydrogens is 247 g/mol. The second-order valence-corrected chi connectivity index (χ2v) is 5.05. The SMILES string of the molecule is COc1cc(NC2CCCCC2CO)c(F)cc1N. The Morgan fingerprint density at radius 3 is 2.84 bits per heavy atom. The molecule has 0 bridgehead atoms. The number of nitrogens with one attached hydrogen (secondary N) is 1. The van der Waals surface area contributed by atoms with Gasteiger partial charge in [-0.2, -0.15) is 0 Å². The number of anilines is 2. The molecule has 0 amide bonds. The van der Waals surface area contributed by atoms with E-state index in [0.717, 1.165) is 25.7 Å². The zero-order chi connectivity index (χ0) is 13.8. The highest BCUT2D eigenvalue weighted by Gasteiger charge is 2.25. The van der Waals surface area contributed by atoms with Crippen LogP contribution < -0.4 is 15.8 Å². The van der Waals surface area contributed by atoms with Gasteiger partial charge in [-0.3, -0.25) is 0 Å². The molecule has 0 aliphatic heterocycles. The fraction of sp³-hybridized carbons (Fsp3) is 0.571. The highest BCUT2D eigenvalue weighted by molar-refractivity contribution is 5.62. The summed E-state index contributed by atoms with van der Waals surface area (Å²) >= 11 is 0. The standard InChI is InChI=1S/C14H21FN2O2/c1-19-14-7-13(10(15)6-11(14)16)17-12-5-3-2-4-9(12)8-18/h6-7,9,12,17-18H,2-5,8,16H2,1H3. The number of rotatable bonds is 4. The molecule has 1 aromatic rings. The molecule has 5 heteroatoms. The fourth-order valence-electron chi connectivity index (χ4n) is 2.67. The first kappa shape index (κ1) is 13.9. The molecule has 0 aromatic heterocycles. The van der Waals surface area contributed by atoms with Crippen molar-refractivity contribution < 1.29 is 14.2 Å². The van der Waals surface area contributed by atoms with E-state index < -0.39 is 0 Å². The van der Waals surface area contributed by atoms with Gasteiger partial charge in [-0.15, -0.1) is 0 Å². The molecule has 0 heterocycles. The lowest BCUT2D eigenvalue weighted by Crippen LogP contribution is -2.34. The maximum atomic E-state index is 13.9. The fourth-order valence-corrected chi connectivity index (χ4v) is 2.67. The molecule has 0 radical (unpaired) electrons. The normalized spacial score (nSPS) is 23.1. The van der Waals surface area contributed by atoms with Gasteiger partial charge in [0, 0.05) is 30.7 Å². The highest BCUT2D eigenvalue weighted by Crippen LogP contribution is 2.32. The molecule has 2 rings (SSSR count). The van der Waals surface area contributed by atoms with Crippen LogP contribution in [0, 0.1) is 11.7 Å². The maximum absolute atomic E-state index is 13.9. The summed E-state index contributed by atoms with van der Waals surface area (Å²) in [5.41, 5.74) is 6.33. The molecule has 0 spiro atoms. The summed E-state index contributed by atoms with van der Waals surface area (Å²) < 4.78 is 19.0. The summed E-state index contributed by atoms with van der Waals surface area (Å²) in [4.78, 5) is 0. The average Bonchev–Trinajstić information content (AvgIpc) is 2.42. The lowest BCUT2D eigenvalue weighted by molar-refractivity contribution is 0.178. The Morgan fingerprint density at radius 1 is 1.42 bits per heavy atom. The number of hydrogen-bond donors (Lipinski definition) is 3. The van der Waals surface area contributed by atoms with Crippen molar-refractivity contribution in [2.75, 3.05) is 24.8 Å². The lowest BCUT2D eigenvalue weighted by atomic mass is 9.85. The van der Waals surface area contributed by atoms with Crippen molar-refractivity contribution in [1.82, 2.24) is 0 Å². The van der Waals surface area contributed by atoms with E-state index in [4.69, 9.17) is 10.5 Å². The first-order valence-corrected chi connectivity index (χ1v) is 6.66. The second kappa shape index (κ2) is 6.10. The van der Waals surface area contributed by atoms with Crippen molar-refractivity contribution in [1.29, 1.82) is 0 Å². The van der Waals surface area contributed by atoms with Crippen molar-refractivity contribution in [2.45, 2.75) is 31.7 Å². The zero-order valence-corrected chi connectivity index (χ0v) is 11.2. The summed E-state index contributed by atoms with van der Waals surface area (Å²) in [6.07, 6.45) is 4.14. The van der Waals surface area contributed by atoms with E-state index in [1.165, 1.54) is 13.2 Å². The van der Waals surface area contributed by atoms with Gasteiger partial charge in [0.1, 0.15) is 11.6 Å². The second-order valence-electron chi connectivity index (χ2n) is 5.05. The summed E-state index contributed by atoms with van der Waals surface area (Å²) in [6.45, 7) is 0.130. The van der Waals surface area contributed by atoms with E-state index in [1.54, 1.807) is 6.07 Å². The number of nitrogens with two attached hydrogens (primary N) is 1.